The fourth-order valence-electron chi connectivity index (χ4n) is 2.20. The molecule has 1 aliphatic heterocycles. The van der Waals surface area contributed by atoms with E-state index in [9.17, 15) is 5.11 Å². The van der Waals surface area contributed by atoms with Gasteiger partial charge in [-0.1, -0.05) is 23.7 Å². The fourth-order valence-corrected chi connectivity index (χ4v) is 2.45. The van der Waals surface area contributed by atoms with Crippen molar-refractivity contribution in [2.24, 2.45) is 0 Å². The molecule has 1 unspecified atom stereocenters. The van der Waals surface area contributed by atoms with Gasteiger partial charge in [0.1, 0.15) is 0 Å². The Bertz CT molecular complexity index is 366. The number of likely N-dealkylation sites (N-methyl/N-ethyl adjacent to an activating group) is 1. The van der Waals surface area contributed by atoms with Crippen molar-refractivity contribution in [1.29, 1.82) is 0 Å². The molecule has 1 aromatic rings. The van der Waals surface area contributed by atoms with Gasteiger partial charge in [0, 0.05) is 13.1 Å². The van der Waals surface area contributed by atoms with Gasteiger partial charge >= 0.3 is 0 Å². The number of nitrogens with one attached hydrogen (secondary N) is 1. The third-order valence-corrected chi connectivity index (χ3v) is 3.70. The Morgan fingerprint density at radius 2 is 2.25 bits per heavy atom. The average Bonchev–Trinajstić information content (AvgIpc) is 2.75. The van der Waals surface area contributed by atoms with Crippen molar-refractivity contribution in [3.8, 4) is 0 Å². The Morgan fingerprint density at radius 1 is 1.50 bits per heavy atom. The zero-order valence-electron chi connectivity index (χ0n) is 9.41. The first-order valence-electron chi connectivity index (χ1n) is 5.50. The number of hydrogen-bond donors (Lipinski definition) is 2. The van der Waals surface area contributed by atoms with E-state index in [0.717, 1.165) is 30.2 Å². The molecule has 0 aromatic heterocycles. The van der Waals surface area contributed by atoms with Crippen molar-refractivity contribution in [1.82, 2.24) is 5.32 Å². The molecule has 2 N–H and O–H groups in total. The van der Waals surface area contributed by atoms with Gasteiger partial charge < -0.3 is 15.3 Å². The van der Waals surface area contributed by atoms with Crippen molar-refractivity contribution in [2.45, 2.75) is 12.0 Å². The van der Waals surface area contributed by atoms with Crippen LogP contribution in [0.2, 0.25) is 5.02 Å². The smallest absolute Gasteiger partial charge is 0.0639 e. The third-order valence-electron chi connectivity index (χ3n) is 3.38. The van der Waals surface area contributed by atoms with Crippen molar-refractivity contribution in [3.63, 3.8) is 0 Å². The molecule has 2 rings (SSSR count). The molecular formula is C12H17ClN2O. The van der Waals surface area contributed by atoms with Crippen LogP contribution in [0.1, 0.15) is 6.42 Å². The number of aliphatic hydroxyl groups excluding tert-OH is 1. The summed E-state index contributed by atoms with van der Waals surface area (Å²) in [6.45, 7) is 1.87. The summed E-state index contributed by atoms with van der Waals surface area (Å²) in [5, 5.41) is 13.4. The zero-order chi connectivity index (χ0) is 11.6. The number of aliphatic hydroxyl groups is 1. The van der Waals surface area contributed by atoms with Gasteiger partial charge in [-0.05, 0) is 25.6 Å². The molecule has 1 saturated heterocycles. The predicted molar refractivity (Wildman–Crippen MR) is 67.2 cm³/mol. The minimum absolute atomic E-state index is 0.157. The van der Waals surface area contributed by atoms with Crippen LogP contribution in [0.15, 0.2) is 24.3 Å². The minimum Gasteiger partial charge on any atom is -0.394 e. The molecule has 0 aliphatic carbocycles. The summed E-state index contributed by atoms with van der Waals surface area (Å²) >= 11 is 6.16. The third kappa shape index (κ3) is 2.03. The summed E-state index contributed by atoms with van der Waals surface area (Å²) in [5.41, 5.74) is 0.869. The van der Waals surface area contributed by atoms with Crippen LogP contribution in [0.4, 0.5) is 5.69 Å². The maximum atomic E-state index is 9.43. The highest BCUT2D eigenvalue weighted by Crippen LogP contribution is 2.31. The maximum Gasteiger partial charge on any atom is 0.0639 e. The van der Waals surface area contributed by atoms with E-state index in [0.29, 0.717) is 0 Å². The average molecular weight is 241 g/mol. The molecule has 4 heteroatoms. The second-order valence-electron chi connectivity index (χ2n) is 4.31. The lowest BCUT2D eigenvalue weighted by Gasteiger charge is -2.27. The molecule has 0 saturated carbocycles. The van der Waals surface area contributed by atoms with Crippen molar-refractivity contribution >= 4 is 17.3 Å². The molecule has 16 heavy (non-hydrogen) atoms. The summed E-state index contributed by atoms with van der Waals surface area (Å²) in [7, 11) is 1.90. The molecular weight excluding hydrogens is 224 g/mol. The highest BCUT2D eigenvalue weighted by molar-refractivity contribution is 6.33. The Labute approximate surface area is 101 Å². The van der Waals surface area contributed by atoms with Gasteiger partial charge in [0.15, 0.2) is 0 Å². The topological polar surface area (TPSA) is 35.5 Å². The summed E-state index contributed by atoms with van der Waals surface area (Å²) in [5.74, 6) is 0. The number of rotatable bonds is 3. The van der Waals surface area contributed by atoms with Crippen LogP contribution < -0.4 is 10.2 Å². The number of benzene rings is 1. The lowest BCUT2D eigenvalue weighted by molar-refractivity contribution is 0.184. The van der Waals surface area contributed by atoms with E-state index in [1.165, 1.54) is 0 Å². The summed E-state index contributed by atoms with van der Waals surface area (Å²) < 4.78 is 0. The molecule has 0 spiro atoms. The second-order valence-corrected chi connectivity index (χ2v) is 4.72. The van der Waals surface area contributed by atoms with Gasteiger partial charge in [-0.15, -0.1) is 0 Å². The van der Waals surface area contributed by atoms with E-state index in [1.54, 1.807) is 0 Å². The maximum absolute atomic E-state index is 9.43. The second kappa shape index (κ2) is 4.62. The van der Waals surface area contributed by atoms with Crippen molar-refractivity contribution < 1.29 is 5.11 Å². The molecule has 0 amide bonds. The van der Waals surface area contributed by atoms with Gasteiger partial charge in [0.05, 0.1) is 22.9 Å². The normalized spacial score (nSPS) is 25.1. The van der Waals surface area contributed by atoms with E-state index in [2.05, 4.69) is 10.2 Å². The van der Waals surface area contributed by atoms with E-state index >= 15 is 0 Å². The quantitative estimate of drug-likeness (QED) is 0.841. The van der Waals surface area contributed by atoms with Crippen LogP contribution in [0.25, 0.3) is 0 Å². The molecule has 1 aliphatic rings. The molecule has 0 radical (unpaired) electrons. The van der Waals surface area contributed by atoms with Gasteiger partial charge in [0.25, 0.3) is 0 Å². The van der Waals surface area contributed by atoms with Crippen LogP contribution in [-0.2, 0) is 0 Å². The number of para-hydroxylation sites is 1. The summed E-state index contributed by atoms with van der Waals surface area (Å²) in [6, 6.07) is 7.83. The Balaban J connectivity index is 2.18. The van der Waals surface area contributed by atoms with Crippen molar-refractivity contribution in [2.75, 3.05) is 31.6 Å². The molecule has 1 fully saturated rings. The number of nitrogens with zero attached hydrogens (tertiary/aromatic N) is 1. The van der Waals surface area contributed by atoms with Gasteiger partial charge in [-0.2, -0.15) is 0 Å². The molecule has 88 valence electrons. The van der Waals surface area contributed by atoms with Gasteiger partial charge in [-0.25, -0.2) is 0 Å². The standard InChI is InChI=1S/C12H17ClN2O/c1-14-12(9-16)6-7-15(8-12)11-5-3-2-4-10(11)13/h2-5,14,16H,6-9H2,1H3. The van der Waals surface area contributed by atoms with E-state index in [4.69, 9.17) is 11.6 Å². The van der Waals surface area contributed by atoms with Crippen LogP contribution >= 0.6 is 11.6 Å². The highest BCUT2D eigenvalue weighted by Gasteiger charge is 2.36. The van der Waals surface area contributed by atoms with Crippen LogP contribution in [-0.4, -0.2) is 37.4 Å². The Morgan fingerprint density at radius 3 is 2.81 bits per heavy atom. The van der Waals surface area contributed by atoms with E-state index < -0.39 is 0 Å². The zero-order valence-corrected chi connectivity index (χ0v) is 10.2. The lowest BCUT2D eigenvalue weighted by Crippen LogP contribution is -2.48. The lowest BCUT2D eigenvalue weighted by atomic mass is 10.0. The van der Waals surface area contributed by atoms with E-state index in [1.807, 2.05) is 31.3 Å². The fraction of sp³-hybridized carbons (Fsp3) is 0.500. The molecule has 1 heterocycles. The molecule has 3 nitrogen and oxygen atoms in total. The Kier molecular flexibility index (Phi) is 3.38. The Hall–Kier alpha value is -0.770. The number of halogens is 1. The van der Waals surface area contributed by atoms with E-state index in [-0.39, 0.29) is 12.1 Å². The van der Waals surface area contributed by atoms with Crippen LogP contribution in [0.5, 0.6) is 0 Å². The first kappa shape index (κ1) is 11.7. The first-order valence-corrected chi connectivity index (χ1v) is 5.88. The van der Waals surface area contributed by atoms with Crippen molar-refractivity contribution in [3.05, 3.63) is 29.3 Å². The number of anilines is 1. The van der Waals surface area contributed by atoms with Crippen LogP contribution in [0.3, 0.4) is 0 Å². The predicted octanol–water partition coefficient (Wildman–Crippen LogP) is 1.50. The first-order chi connectivity index (χ1) is 7.71. The van der Waals surface area contributed by atoms with Gasteiger partial charge in [0.2, 0.25) is 0 Å². The molecule has 0 bridgehead atoms. The monoisotopic (exact) mass is 240 g/mol. The molecule has 1 atom stereocenters. The number of hydrogen-bond acceptors (Lipinski definition) is 3. The van der Waals surface area contributed by atoms with Crippen LogP contribution in [0, 0.1) is 0 Å². The SMILES string of the molecule is CNC1(CO)CCN(c2ccccc2Cl)C1. The summed E-state index contributed by atoms with van der Waals surface area (Å²) in [4.78, 5) is 2.22. The van der Waals surface area contributed by atoms with Gasteiger partial charge in [-0.3, -0.25) is 0 Å². The molecule has 1 aromatic carbocycles. The summed E-state index contributed by atoms with van der Waals surface area (Å²) in [6.07, 6.45) is 0.936. The largest absolute Gasteiger partial charge is 0.394 e. The minimum atomic E-state index is -0.181. The highest BCUT2D eigenvalue weighted by atomic mass is 35.5.